The maximum Gasteiger partial charge on any atom is 0.251 e. The molecule has 1 amide bonds. The first-order valence-corrected chi connectivity index (χ1v) is 6.62. The van der Waals surface area contributed by atoms with Crippen molar-refractivity contribution in [1.29, 1.82) is 0 Å². The van der Waals surface area contributed by atoms with E-state index in [4.69, 9.17) is 5.73 Å². The van der Waals surface area contributed by atoms with Gasteiger partial charge in [0.25, 0.3) is 5.91 Å². The van der Waals surface area contributed by atoms with E-state index in [1.807, 2.05) is 12.1 Å². The normalized spacial score (nSPS) is 10.2. The Labute approximate surface area is 118 Å². The fraction of sp³-hybridized carbons (Fsp3) is 0.267. The summed E-state index contributed by atoms with van der Waals surface area (Å²) in [4.78, 5) is 20.3. The SMILES string of the molecule is CCCc1cc(C(=O)NCc2ccncc2)cc(N)n1. The maximum absolute atomic E-state index is 12.1. The predicted molar refractivity (Wildman–Crippen MR) is 78.1 cm³/mol. The lowest BCUT2D eigenvalue weighted by Crippen LogP contribution is -2.23. The van der Waals surface area contributed by atoms with Crippen LogP contribution in [-0.2, 0) is 13.0 Å². The number of nitrogen functional groups attached to an aromatic ring is 1. The van der Waals surface area contributed by atoms with Crippen LogP contribution in [0.5, 0.6) is 0 Å². The van der Waals surface area contributed by atoms with Crippen molar-refractivity contribution in [3.05, 3.63) is 53.5 Å². The number of hydrogen-bond acceptors (Lipinski definition) is 4. The second kappa shape index (κ2) is 6.65. The van der Waals surface area contributed by atoms with Crippen molar-refractivity contribution >= 4 is 11.7 Å². The van der Waals surface area contributed by atoms with E-state index in [9.17, 15) is 4.79 Å². The zero-order valence-corrected chi connectivity index (χ0v) is 11.5. The summed E-state index contributed by atoms with van der Waals surface area (Å²) in [5.74, 6) is 0.235. The molecule has 0 aliphatic carbocycles. The minimum atomic E-state index is -0.145. The molecule has 0 atom stereocenters. The highest BCUT2D eigenvalue weighted by molar-refractivity contribution is 5.94. The van der Waals surface area contributed by atoms with Gasteiger partial charge in [-0.25, -0.2) is 4.98 Å². The maximum atomic E-state index is 12.1. The summed E-state index contributed by atoms with van der Waals surface area (Å²) < 4.78 is 0. The summed E-state index contributed by atoms with van der Waals surface area (Å²) in [5.41, 5.74) is 8.14. The molecule has 0 saturated carbocycles. The second-order valence-electron chi connectivity index (χ2n) is 4.56. The quantitative estimate of drug-likeness (QED) is 0.870. The second-order valence-corrected chi connectivity index (χ2v) is 4.56. The summed E-state index contributed by atoms with van der Waals surface area (Å²) in [6, 6.07) is 7.12. The number of nitrogens with one attached hydrogen (secondary N) is 1. The molecular formula is C15H18N4O. The number of carbonyl (C=O) groups excluding carboxylic acids is 1. The molecule has 0 fully saturated rings. The standard InChI is InChI=1S/C15H18N4O/c1-2-3-13-8-12(9-14(16)19-13)15(20)18-10-11-4-6-17-7-5-11/h4-9H,2-3,10H2,1H3,(H2,16,19)(H,18,20). The third-order valence-corrected chi connectivity index (χ3v) is 2.87. The van der Waals surface area contributed by atoms with Crippen LogP contribution in [0.3, 0.4) is 0 Å². The number of pyridine rings is 2. The van der Waals surface area contributed by atoms with Gasteiger partial charge in [-0.05, 0) is 36.2 Å². The van der Waals surface area contributed by atoms with E-state index >= 15 is 0 Å². The van der Waals surface area contributed by atoms with Crippen LogP contribution in [0.25, 0.3) is 0 Å². The zero-order valence-electron chi connectivity index (χ0n) is 11.5. The van der Waals surface area contributed by atoms with Gasteiger partial charge in [-0.2, -0.15) is 0 Å². The summed E-state index contributed by atoms with van der Waals surface area (Å²) in [6.45, 7) is 2.53. The number of amides is 1. The molecule has 0 bridgehead atoms. The molecule has 0 saturated heterocycles. The Bertz CT molecular complexity index is 584. The summed E-state index contributed by atoms with van der Waals surface area (Å²) in [7, 11) is 0. The first kappa shape index (κ1) is 14.0. The number of nitrogens with two attached hydrogens (primary N) is 1. The van der Waals surface area contributed by atoms with Crippen LogP contribution >= 0.6 is 0 Å². The van der Waals surface area contributed by atoms with Crippen molar-refractivity contribution in [3.63, 3.8) is 0 Å². The van der Waals surface area contributed by atoms with E-state index in [1.165, 1.54) is 0 Å². The molecule has 0 unspecified atom stereocenters. The Kier molecular flexibility index (Phi) is 4.65. The lowest BCUT2D eigenvalue weighted by molar-refractivity contribution is 0.0950. The van der Waals surface area contributed by atoms with Crippen LogP contribution in [0, 0.1) is 0 Å². The molecule has 5 heteroatoms. The van der Waals surface area contributed by atoms with E-state index in [-0.39, 0.29) is 5.91 Å². The van der Waals surface area contributed by atoms with Gasteiger partial charge in [0.05, 0.1) is 0 Å². The third kappa shape index (κ3) is 3.78. The number of rotatable bonds is 5. The van der Waals surface area contributed by atoms with Crippen molar-refractivity contribution in [2.24, 2.45) is 0 Å². The number of carbonyl (C=O) groups is 1. The van der Waals surface area contributed by atoms with Crippen molar-refractivity contribution in [2.75, 3.05) is 5.73 Å². The summed E-state index contributed by atoms with van der Waals surface area (Å²) in [6.07, 6.45) is 5.18. The first-order valence-electron chi connectivity index (χ1n) is 6.62. The highest BCUT2D eigenvalue weighted by atomic mass is 16.1. The van der Waals surface area contributed by atoms with E-state index < -0.39 is 0 Å². The van der Waals surface area contributed by atoms with Crippen LogP contribution in [0.1, 0.15) is 35.0 Å². The Morgan fingerprint density at radius 3 is 2.75 bits per heavy atom. The Hall–Kier alpha value is -2.43. The molecule has 2 aromatic heterocycles. The van der Waals surface area contributed by atoms with E-state index in [1.54, 1.807) is 24.5 Å². The molecule has 0 aliphatic heterocycles. The van der Waals surface area contributed by atoms with Gasteiger partial charge in [-0.1, -0.05) is 13.3 Å². The van der Waals surface area contributed by atoms with E-state index in [2.05, 4.69) is 22.2 Å². The molecular weight excluding hydrogens is 252 g/mol. The van der Waals surface area contributed by atoms with Crippen molar-refractivity contribution in [1.82, 2.24) is 15.3 Å². The van der Waals surface area contributed by atoms with Gasteiger partial charge < -0.3 is 11.1 Å². The summed E-state index contributed by atoms with van der Waals surface area (Å²) in [5, 5.41) is 2.86. The monoisotopic (exact) mass is 270 g/mol. The predicted octanol–water partition coefficient (Wildman–Crippen LogP) is 1.94. The molecule has 0 radical (unpaired) electrons. The summed E-state index contributed by atoms with van der Waals surface area (Å²) >= 11 is 0. The van der Waals surface area contributed by atoms with Gasteiger partial charge in [0, 0.05) is 30.2 Å². The van der Waals surface area contributed by atoms with Crippen molar-refractivity contribution < 1.29 is 4.79 Å². The molecule has 3 N–H and O–H groups in total. The minimum Gasteiger partial charge on any atom is -0.384 e. The van der Waals surface area contributed by atoms with Crippen molar-refractivity contribution in [3.8, 4) is 0 Å². The smallest absolute Gasteiger partial charge is 0.251 e. The molecule has 20 heavy (non-hydrogen) atoms. The number of hydrogen-bond donors (Lipinski definition) is 2. The number of anilines is 1. The van der Waals surface area contributed by atoms with Crippen molar-refractivity contribution in [2.45, 2.75) is 26.3 Å². The third-order valence-electron chi connectivity index (χ3n) is 2.87. The zero-order chi connectivity index (χ0) is 14.4. The largest absolute Gasteiger partial charge is 0.384 e. The number of aromatic nitrogens is 2. The Morgan fingerprint density at radius 1 is 1.30 bits per heavy atom. The van der Waals surface area contributed by atoms with Crippen LogP contribution in [-0.4, -0.2) is 15.9 Å². The van der Waals surface area contributed by atoms with Gasteiger partial charge in [0.15, 0.2) is 0 Å². The van der Waals surface area contributed by atoms with Gasteiger partial charge >= 0.3 is 0 Å². The fourth-order valence-corrected chi connectivity index (χ4v) is 1.91. The molecule has 0 aromatic carbocycles. The number of aryl methyl sites for hydroxylation is 1. The Morgan fingerprint density at radius 2 is 2.05 bits per heavy atom. The topological polar surface area (TPSA) is 80.9 Å². The average Bonchev–Trinajstić information content (AvgIpc) is 2.45. The Balaban J connectivity index is 2.05. The van der Waals surface area contributed by atoms with E-state index in [0.29, 0.717) is 17.9 Å². The van der Waals surface area contributed by atoms with Crippen LogP contribution in [0.4, 0.5) is 5.82 Å². The van der Waals surface area contributed by atoms with Gasteiger partial charge in [0.1, 0.15) is 5.82 Å². The van der Waals surface area contributed by atoms with Gasteiger partial charge in [-0.15, -0.1) is 0 Å². The molecule has 5 nitrogen and oxygen atoms in total. The lowest BCUT2D eigenvalue weighted by Gasteiger charge is -2.07. The van der Waals surface area contributed by atoms with Gasteiger partial charge in [-0.3, -0.25) is 9.78 Å². The van der Waals surface area contributed by atoms with Crippen LogP contribution < -0.4 is 11.1 Å². The highest BCUT2D eigenvalue weighted by Gasteiger charge is 2.08. The fourth-order valence-electron chi connectivity index (χ4n) is 1.91. The first-order chi connectivity index (χ1) is 9.69. The minimum absolute atomic E-state index is 0.145. The number of nitrogens with zero attached hydrogens (tertiary/aromatic N) is 2. The molecule has 2 heterocycles. The molecule has 2 rings (SSSR count). The molecule has 0 spiro atoms. The van der Waals surface area contributed by atoms with Crippen LogP contribution in [0.2, 0.25) is 0 Å². The highest BCUT2D eigenvalue weighted by Crippen LogP contribution is 2.10. The molecule has 0 aliphatic rings. The van der Waals surface area contributed by atoms with Gasteiger partial charge in [0.2, 0.25) is 0 Å². The molecule has 104 valence electrons. The average molecular weight is 270 g/mol. The van der Waals surface area contributed by atoms with E-state index in [0.717, 1.165) is 24.1 Å². The lowest BCUT2D eigenvalue weighted by atomic mass is 10.1. The molecule has 2 aromatic rings. The van der Waals surface area contributed by atoms with Crippen LogP contribution in [0.15, 0.2) is 36.7 Å².